The van der Waals surface area contributed by atoms with Gasteiger partial charge in [-0.05, 0) is 36.7 Å². The van der Waals surface area contributed by atoms with Gasteiger partial charge in [0.2, 0.25) is 5.91 Å². The van der Waals surface area contributed by atoms with Crippen LogP contribution in [0.2, 0.25) is 0 Å². The van der Waals surface area contributed by atoms with Crippen molar-refractivity contribution in [1.29, 1.82) is 0 Å². The molecule has 1 amide bonds. The van der Waals surface area contributed by atoms with Gasteiger partial charge in [-0.15, -0.1) is 22.7 Å². The van der Waals surface area contributed by atoms with Crippen molar-refractivity contribution in [3.8, 4) is 21.1 Å². The third-order valence-corrected chi connectivity index (χ3v) is 6.93. The van der Waals surface area contributed by atoms with E-state index in [0.29, 0.717) is 18.8 Å². The minimum atomic E-state index is 0.0853. The molecule has 0 spiro atoms. The molecule has 8 heteroatoms. The molecule has 0 bridgehead atoms. The molecular weight excluding hydrogens is 398 g/mol. The first-order chi connectivity index (χ1) is 13.1. The summed E-state index contributed by atoms with van der Waals surface area (Å²) in [5.41, 5.74) is 1.98. The number of nitrogens with one attached hydrogen (secondary N) is 1. The van der Waals surface area contributed by atoms with E-state index in [-0.39, 0.29) is 18.1 Å². The normalized spacial score (nSPS) is 20.1. The van der Waals surface area contributed by atoms with Gasteiger partial charge in [0, 0.05) is 13.1 Å². The molecule has 4 heterocycles. The number of nitrogens with zero attached hydrogens (tertiary/aromatic N) is 2. The average molecular weight is 420 g/mol. The van der Waals surface area contributed by atoms with E-state index in [1.165, 1.54) is 11.8 Å². The summed E-state index contributed by atoms with van der Waals surface area (Å²) >= 11 is 4.82. The van der Waals surface area contributed by atoms with Crippen LogP contribution in [0.5, 0.6) is 0 Å². The van der Waals surface area contributed by atoms with Crippen LogP contribution in [0, 0.1) is 0 Å². The first-order valence-corrected chi connectivity index (χ1v) is 11.6. The standard InChI is InChI=1S/C19H21N3O2S3/c1-12-9-22(10-13(2)24-12)16(23)11-27-19-20-17(14-5-3-7-25-14)18(21-19)15-6-4-8-26-15/h3-8,12-13H,9-11H2,1-2H3,(H,20,21). The lowest BCUT2D eigenvalue weighted by Crippen LogP contribution is -2.48. The summed E-state index contributed by atoms with van der Waals surface area (Å²) in [4.78, 5) is 25.0. The van der Waals surface area contributed by atoms with Gasteiger partial charge in [0.1, 0.15) is 5.69 Å². The Hall–Kier alpha value is -1.61. The van der Waals surface area contributed by atoms with Crippen molar-refractivity contribution in [2.45, 2.75) is 31.2 Å². The van der Waals surface area contributed by atoms with Crippen molar-refractivity contribution in [2.75, 3.05) is 18.8 Å². The first kappa shape index (κ1) is 18.7. The van der Waals surface area contributed by atoms with Gasteiger partial charge < -0.3 is 14.6 Å². The highest BCUT2D eigenvalue weighted by molar-refractivity contribution is 7.99. The Kier molecular flexibility index (Phi) is 5.68. The summed E-state index contributed by atoms with van der Waals surface area (Å²) < 4.78 is 5.71. The molecule has 1 fully saturated rings. The molecule has 1 aliphatic rings. The molecule has 27 heavy (non-hydrogen) atoms. The van der Waals surface area contributed by atoms with Crippen LogP contribution in [0.15, 0.2) is 40.2 Å². The number of hydrogen-bond donors (Lipinski definition) is 1. The zero-order valence-electron chi connectivity index (χ0n) is 15.2. The van der Waals surface area contributed by atoms with Gasteiger partial charge in [0.25, 0.3) is 0 Å². The minimum absolute atomic E-state index is 0.0853. The lowest BCUT2D eigenvalue weighted by atomic mass is 10.2. The Labute approximate surface area is 170 Å². The monoisotopic (exact) mass is 419 g/mol. The van der Waals surface area contributed by atoms with Crippen LogP contribution in [0.4, 0.5) is 0 Å². The highest BCUT2D eigenvalue weighted by Crippen LogP contribution is 2.36. The topological polar surface area (TPSA) is 58.2 Å². The van der Waals surface area contributed by atoms with Gasteiger partial charge >= 0.3 is 0 Å². The summed E-state index contributed by atoms with van der Waals surface area (Å²) in [5.74, 6) is 0.509. The van der Waals surface area contributed by atoms with Crippen molar-refractivity contribution in [3.05, 3.63) is 35.0 Å². The van der Waals surface area contributed by atoms with E-state index in [2.05, 4.69) is 27.9 Å². The number of thiophene rings is 2. The maximum atomic E-state index is 12.6. The van der Waals surface area contributed by atoms with Gasteiger partial charge in [0.05, 0.1) is 33.4 Å². The molecule has 3 aromatic rings. The molecule has 2 atom stereocenters. The predicted octanol–water partition coefficient (Wildman–Crippen LogP) is 4.59. The second-order valence-corrected chi connectivity index (χ2v) is 9.42. The number of thioether (sulfide) groups is 1. The Morgan fingerprint density at radius 1 is 1.22 bits per heavy atom. The smallest absolute Gasteiger partial charge is 0.233 e. The lowest BCUT2D eigenvalue weighted by molar-refractivity contribution is -0.140. The molecule has 0 radical (unpaired) electrons. The van der Waals surface area contributed by atoms with Gasteiger partial charge in [-0.25, -0.2) is 4.98 Å². The van der Waals surface area contributed by atoms with E-state index in [1.807, 2.05) is 30.9 Å². The van der Waals surface area contributed by atoms with Crippen molar-refractivity contribution in [3.63, 3.8) is 0 Å². The maximum absolute atomic E-state index is 12.6. The number of aromatic amines is 1. The number of morpholine rings is 1. The molecule has 1 N–H and O–H groups in total. The first-order valence-electron chi connectivity index (χ1n) is 8.84. The van der Waals surface area contributed by atoms with E-state index < -0.39 is 0 Å². The number of carbonyl (C=O) groups excluding carboxylic acids is 1. The molecule has 142 valence electrons. The van der Waals surface area contributed by atoms with Crippen molar-refractivity contribution in [2.24, 2.45) is 0 Å². The molecule has 1 aliphatic heterocycles. The number of carbonyl (C=O) groups is 1. The second-order valence-electron chi connectivity index (χ2n) is 6.56. The Morgan fingerprint density at radius 2 is 1.89 bits per heavy atom. The van der Waals surface area contributed by atoms with Gasteiger partial charge in [-0.3, -0.25) is 4.79 Å². The summed E-state index contributed by atoms with van der Waals surface area (Å²) in [6.07, 6.45) is 0.171. The molecule has 2 unspecified atom stereocenters. The Bertz CT molecular complexity index is 828. The molecular formula is C19H21N3O2S3. The highest BCUT2D eigenvalue weighted by Gasteiger charge is 2.26. The highest BCUT2D eigenvalue weighted by atomic mass is 32.2. The summed E-state index contributed by atoms with van der Waals surface area (Å²) in [5, 5.41) is 4.90. The minimum Gasteiger partial charge on any atom is -0.372 e. The van der Waals surface area contributed by atoms with Crippen LogP contribution in [0.25, 0.3) is 21.1 Å². The zero-order valence-corrected chi connectivity index (χ0v) is 17.6. The van der Waals surface area contributed by atoms with Crippen LogP contribution < -0.4 is 0 Å². The fraction of sp³-hybridized carbons (Fsp3) is 0.368. The number of imidazole rings is 1. The van der Waals surface area contributed by atoms with Crippen molar-refractivity contribution < 1.29 is 9.53 Å². The van der Waals surface area contributed by atoms with Crippen LogP contribution in [0.3, 0.4) is 0 Å². The van der Waals surface area contributed by atoms with E-state index in [9.17, 15) is 4.79 Å². The maximum Gasteiger partial charge on any atom is 0.233 e. The average Bonchev–Trinajstić information content (AvgIpc) is 3.39. The number of ether oxygens (including phenoxy) is 1. The van der Waals surface area contributed by atoms with Crippen LogP contribution >= 0.6 is 34.4 Å². The van der Waals surface area contributed by atoms with Crippen molar-refractivity contribution in [1.82, 2.24) is 14.9 Å². The molecule has 0 aromatic carbocycles. The third-order valence-electron chi connectivity index (χ3n) is 4.31. The van der Waals surface area contributed by atoms with Gasteiger partial charge in [-0.2, -0.15) is 0 Å². The second kappa shape index (κ2) is 8.18. The summed E-state index contributed by atoms with van der Waals surface area (Å²) in [7, 11) is 0. The quantitative estimate of drug-likeness (QED) is 0.614. The SMILES string of the molecule is CC1CN(C(=O)CSc2nc(-c3cccs3)c(-c3cccs3)[nH]2)CC(C)O1. The third kappa shape index (κ3) is 4.29. The fourth-order valence-electron chi connectivity index (χ4n) is 3.21. The number of hydrogen-bond acceptors (Lipinski definition) is 6. The summed E-state index contributed by atoms with van der Waals surface area (Å²) in [6.45, 7) is 5.33. The largest absolute Gasteiger partial charge is 0.372 e. The van der Waals surface area contributed by atoms with Crippen LogP contribution in [-0.4, -0.2) is 51.8 Å². The fourth-order valence-corrected chi connectivity index (χ4v) is 5.43. The zero-order chi connectivity index (χ0) is 18.8. The summed E-state index contributed by atoms with van der Waals surface area (Å²) in [6, 6.07) is 8.24. The number of amides is 1. The molecule has 4 rings (SSSR count). The molecule has 3 aromatic heterocycles. The van der Waals surface area contributed by atoms with E-state index in [0.717, 1.165) is 26.3 Å². The Balaban J connectivity index is 1.50. The molecule has 5 nitrogen and oxygen atoms in total. The van der Waals surface area contributed by atoms with Crippen LogP contribution in [0.1, 0.15) is 13.8 Å². The lowest BCUT2D eigenvalue weighted by Gasteiger charge is -2.35. The molecule has 0 saturated carbocycles. The number of H-pyrrole nitrogens is 1. The van der Waals surface area contributed by atoms with E-state index in [4.69, 9.17) is 9.72 Å². The predicted molar refractivity (Wildman–Crippen MR) is 113 cm³/mol. The molecule has 1 saturated heterocycles. The Morgan fingerprint density at radius 3 is 2.52 bits per heavy atom. The molecule has 0 aliphatic carbocycles. The van der Waals surface area contributed by atoms with Gasteiger partial charge in [0.15, 0.2) is 5.16 Å². The van der Waals surface area contributed by atoms with Crippen molar-refractivity contribution >= 4 is 40.3 Å². The van der Waals surface area contributed by atoms with E-state index in [1.54, 1.807) is 22.7 Å². The van der Waals surface area contributed by atoms with Gasteiger partial charge in [-0.1, -0.05) is 23.9 Å². The van der Waals surface area contributed by atoms with E-state index >= 15 is 0 Å². The number of aromatic nitrogens is 2. The number of rotatable bonds is 5. The van der Waals surface area contributed by atoms with Crippen LogP contribution in [-0.2, 0) is 9.53 Å².